The van der Waals surface area contributed by atoms with Crippen LogP contribution in [0.3, 0.4) is 0 Å². The molecule has 0 saturated heterocycles. The summed E-state index contributed by atoms with van der Waals surface area (Å²) >= 11 is 0. The van der Waals surface area contributed by atoms with Crippen LogP contribution in [0.2, 0.25) is 0 Å². The summed E-state index contributed by atoms with van der Waals surface area (Å²) < 4.78 is 40.2. The van der Waals surface area contributed by atoms with Gasteiger partial charge in [0.1, 0.15) is 10.7 Å². The van der Waals surface area contributed by atoms with Crippen LogP contribution in [0.5, 0.6) is 0 Å². The standard InChI is InChI=1S/C20H17FN4O3S/c21-15-8-10-16(11-9-15)23-19(26)13-24-14-25(17-5-2-1-3-6-17)20-18(29(24,27)28)7-4-12-22-20/h1-12H,13-14H2,(H,23,26). The van der Waals surface area contributed by atoms with Gasteiger partial charge in [0.05, 0.1) is 13.2 Å². The van der Waals surface area contributed by atoms with Crippen LogP contribution in [0.15, 0.2) is 77.8 Å². The number of nitrogens with one attached hydrogen (secondary N) is 1. The van der Waals surface area contributed by atoms with E-state index in [1.54, 1.807) is 11.0 Å². The van der Waals surface area contributed by atoms with E-state index in [2.05, 4.69) is 10.3 Å². The normalized spacial score (nSPS) is 15.6. The summed E-state index contributed by atoms with van der Waals surface area (Å²) in [7, 11) is -3.91. The molecule has 29 heavy (non-hydrogen) atoms. The number of hydrogen-bond donors (Lipinski definition) is 1. The van der Waals surface area contributed by atoms with Crippen molar-refractivity contribution >= 4 is 33.1 Å². The SMILES string of the molecule is O=C(CN1CN(c2ccccc2)c2ncccc2S1(=O)=O)Nc1ccc(F)cc1. The molecule has 0 bridgehead atoms. The van der Waals surface area contributed by atoms with Crippen molar-refractivity contribution in [3.63, 3.8) is 0 Å². The second-order valence-electron chi connectivity index (χ2n) is 6.40. The van der Waals surface area contributed by atoms with E-state index in [9.17, 15) is 17.6 Å². The minimum Gasteiger partial charge on any atom is -0.325 e. The highest BCUT2D eigenvalue weighted by atomic mass is 32.2. The summed E-state index contributed by atoms with van der Waals surface area (Å²) in [6.07, 6.45) is 1.53. The molecule has 148 valence electrons. The molecule has 4 rings (SSSR count). The molecule has 0 saturated carbocycles. The number of aromatic nitrogens is 1. The van der Waals surface area contributed by atoms with Crippen molar-refractivity contribution in [3.8, 4) is 0 Å². The van der Waals surface area contributed by atoms with Crippen molar-refractivity contribution < 1.29 is 17.6 Å². The van der Waals surface area contributed by atoms with Crippen molar-refractivity contribution in [2.45, 2.75) is 4.90 Å². The number of rotatable bonds is 4. The lowest BCUT2D eigenvalue weighted by molar-refractivity contribution is -0.116. The maximum absolute atomic E-state index is 13.0. The summed E-state index contributed by atoms with van der Waals surface area (Å²) in [4.78, 5) is 18.5. The Kier molecular flexibility index (Phi) is 4.99. The summed E-state index contributed by atoms with van der Waals surface area (Å²) in [5.74, 6) is -0.640. The van der Waals surface area contributed by atoms with Gasteiger partial charge in [-0.3, -0.25) is 4.79 Å². The molecule has 1 aliphatic heterocycles. The van der Waals surface area contributed by atoms with Gasteiger partial charge in [0.15, 0.2) is 5.82 Å². The Hall–Kier alpha value is -3.30. The lowest BCUT2D eigenvalue weighted by Crippen LogP contribution is -2.47. The van der Waals surface area contributed by atoms with Gasteiger partial charge in [0, 0.05) is 17.6 Å². The molecule has 0 atom stereocenters. The third-order valence-electron chi connectivity index (χ3n) is 4.44. The maximum Gasteiger partial charge on any atom is 0.248 e. The number of para-hydroxylation sites is 1. The summed E-state index contributed by atoms with van der Waals surface area (Å²) in [6, 6.07) is 17.5. The molecule has 1 aromatic heterocycles. The maximum atomic E-state index is 13.0. The Bertz CT molecular complexity index is 1140. The van der Waals surface area contributed by atoms with Crippen molar-refractivity contribution in [3.05, 3.63) is 78.7 Å². The largest absolute Gasteiger partial charge is 0.325 e. The number of anilines is 3. The van der Waals surface area contributed by atoms with E-state index >= 15 is 0 Å². The quantitative estimate of drug-likeness (QED) is 0.713. The molecule has 0 unspecified atom stereocenters. The van der Waals surface area contributed by atoms with Gasteiger partial charge in [-0.05, 0) is 48.5 Å². The van der Waals surface area contributed by atoms with Crippen molar-refractivity contribution in [1.82, 2.24) is 9.29 Å². The molecule has 9 heteroatoms. The van der Waals surface area contributed by atoms with Crippen LogP contribution in [-0.2, 0) is 14.8 Å². The Morgan fingerprint density at radius 2 is 1.76 bits per heavy atom. The molecule has 0 radical (unpaired) electrons. The molecule has 2 heterocycles. The fourth-order valence-corrected chi connectivity index (χ4v) is 4.54. The second-order valence-corrected chi connectivity index (χ2v) is 8.31. The van der Waals surface area contributed by atoms with Gasteiger partial charge < -0.3 is 10.2 Å². The average Bonchev–Trinajstić information content (AvgIpc) is 2.73. The lowest BCUT2D eigenvalue weighted by Gasteiger charge is -2.36. The molecule has 0 spiro atoms. The van der Waals surface area contributed by atoms with Crippen LogP contribution >= 0.6 is 0 Å². The molecule has 0 fully saturated rings. The van der Waals surface area contributed by atoms with Gasteiger partial charge >= 0.3 is 0 Å². The van der Waals surface area contributed by atoms with Gasteiger partial charge in [0.25, 0.3) is 0 Å². The zero-order valence-electron chi connectivity index (χ0n) is 15.2. The molecule has 7 nitrogen and oxygen atoms in total. The van der Waals surface area contributed by atoms with Gasteiger partial charge in [0.2, 0.25) is 15.9 Å². The highest BCUT2D eigenvalue weighted by Crippen LogP contribution is 2.35. The molecule has 3 aromatic rings. The van der Waals surface area contributed by atoms with Crippen LogP contribution in [0.4, 0.5) is 21.6 Å². The number of pyridine rings is 1. The van der Waals surface area contributed by atoms with Crippen LogP contribution < -0.4 is 10.2 Å². The molecule has 2 aromatic carbocycles. The van der Waals surface area contributed by atoms with E-state index in [0.717, 1.165) is 9.99 Å². The molecule has 1 aliphatic rings. The fourth-order valence-electron chi connectivity index (χ4n) is 3.07. The van der Waals surface area contributed by atoms with E-state index in [4.69, 9.17) is 0 Å². The Balaban J connectivity index is 1.63. The first kappa shape index (κ1) is 19.0. The van der Waals surface area contributed by atoms with Gasteiger partial charge in [-0.1, -0.05) is 18.2 Å². The van der Waals surface area contributed by atoms with Crippen molar-refractivity contribution in [1.29, 1.82) is 0 Å². The number of amides is 1. The number of carbonyl (C=O) groups excluding carboxylic acids is 1. The Labute approximate surface area is 167 Å². The summed E-state index contributed by atoms with van der Waals surface area (Å²) in [6.45, 7) is -0.454. The van der Waals surface area contributed by atoms with E-state index in [1.807, 2.05) is 30.3 Å². The third kappa shape index (κ3) is 3.82. The second kappa shape index (κ2) is 7.61. The Morgan fingerprint density at radius 3 is 2.48 bits per heavy atom. The van der Waals surface area contributed by atoms with Crippen LogP contribution in [0, 0.1) is 5.82 Å². The van der Waals surface area contributed by atoms with Crippen molar-refractivity contribution in [2.24, 2.45) is 0 Å². The summed E-state index contributed by atoms with van der Waals surface area (Å²) in [5.41, 5.74) is 1.14. The molecule has 1 N–H and O–H groups in total. The smallest absolute Gasteiger partial charge is 0.248 e. The van der Waals surface area contributed by atoms with Crippen molar-refractivity contribution in [2.75, 3.05) is 23.4 Å². The molecular weight excluding hydrogens is 395 g/mol. The number of benzene rings is 2. The van der Waals surface area contributed by atoms with E-state index < -0.39 is 28.3 Å². The predicted molar refractivity (Wildman–Crippen MR) is 107 cm³/mol. The van der Waals surface area contributed by atoms with E-state index in [0.29, 0.717) is 11.5 Å². The molecule has 1 amide bonds. The number of hydrogen-bond acceptors (Lipinski definition) is 5. The lowest BCUT2D eigenvalue weighted by atomic mass is 10.3. The van der Waals surface area contributed by atoms with Gasteiger partial charge in [-0.2, -0.15) is 4.31 Å². The number of nitrogens with zero attached hydrogens (tertiary/aromatic N) is 3. The first-order chi connectivity index (χ1) is 13.9. The predicted octanol–water partition coefficient (Wildman–Crippen LogP) is 2.96. The van der Waals surface area contributed by atoms with Crippen LogP contribution in [-0.4, -0.2) is 36.8 Å². The van der Waals surface area contributed by atoms with Gasteiger partial charge in [-0.15, -0.1) is 0 Å². The first-order valence-corrected chi connectivity index (χ1v) is 10.2. The Morgan fingerprint density at radius 1 is 1.03 bits per heavy atom. The third-order valence-corrected chi connectivity index (χ3v) is 6.24. The van der Waals surface area contributed by atoms with Crippen LogP contribution in [0.25, 0.3) is 0 Å². The number of halogens is 1. The molecular formula is C20H17FN4O3S. The van der Waals surface area contributed by atoms with Gasteiger partial charge in [-0.25, -0.2) is 17.8 Å². The fraction of sp³-hybridized carbons (Fsp3) is 0.100. The molecule has 0 aliphatic carbocycles. The number of sulfonamides is 1. The topological polar surface area (TPSA) is 82.6 Å². The van der Waals surface area contributed by atoms with E-state index in [-0.39, 0.29) is 11.6 Å². The summed E-state index contributed by atoms with van der Waals surface area (Å²) in [5, 5.41) is 2.59. The highest BCUT2D eigenvalue weighted by molar-refractivity contribution is 7.89. The highest BCUT2D eigenvalue weighted by Gasteiger charge is 2.37. The number of carbonyl (C=O) groups is 1. The zero-order valence-corrected chi connectivity index (χ0v) is 16.0. The monoisotopic (exact) mass is 412 g/mol. The minimum atomic E-state index is -3.91. The first-order valence-electron chi connectivity index (χ1n) is 8.78. The average molecular weight is 412 g/mol. The van der Waals surface area contributed by atoms with Crippen LogP contribution in [0.1, 0.15) is 0 Å². The van der Waals surface area contributed by atoms with E-state index in [1.165, 1.54) is 36.5 Å². The zero-order chi connectivity index (χ0) is 20.4. The minimum absolute atomic E-state index is 0.0321. The number of fused-ring (bicyclic) bond motifs is 1.